The Morgan fingerprint density at radius 3 is 2.50 bits per heavy atom. The van der Waals surface area contributed by atoms with Crippen molar-refractivity contribution in [3.63, 3.8) is 0 Å². The number of sulfonamides is 1. The molecule has 2 heterocycles. The molecule has 0 aliphatic carbocycles. The first-order valence-corrected chi connectivity index (χ1v) is 10.7. The fourth-order valence-electron chi connectivity index (χ4n) is 2.95. The number of morpholine rings is 1. The predicted molar refractivity (Wildman–Crippen MR) is 96.4 cm³/mol. The van der Waals surface area contributed by atoms with Gasteiger partial charge in [-0.2, -0.15) is 0 Å². The van der Waals surface area contributed by atoms with Crippen LogP contribution in [0.15, 0.2) is 35.7 Å². The molecule has 1 N–H and O–H groups in total. The fourth-order valence-corrected chi connectivity index (χ4v) is 4.93. The average Bonchev–Trinajstić information content (AvgIpc) is 3.09. The Balaban J connectivity index is 1.69. The maximum absolute atomic E-state index is 13.3. The lowest BCUT2D eigenvalue weighted by molar-refractivity contribution is 0.0179. The molecular formula is C17H20F2N2O3S2. The molecule has 1 aliphatic heterocycles. The van der Waals surface area contributed by atoms with Crippen LogP contribution in [0.25, 0.3) is 0 Å². The van der Waals surface area contributed by atoms with Crippen LogP contribution in [0.5, 0.6) is 0 Å². The van der Waals surface area contributed by atoms with Gasteiger partial charge in [-0.05, 0) is 29.1 Å². The van der Waals surface area contributed by atoms with Crippen molar-refractivity contribution in [2.45, 2.75) is 11.8 Å². The van der Waals surface area contributed by atoms with E-state index in [9.17, 15) is 17.2 Å². The van der Waals surface area contributed by atoms with Crippen LogP contribution in [-0.4, -0.2) is 46.2 Å². The summed E-state index contributed by atoms with van der Waals surface area (Å²) in [5.74, 6) is -2.05. The second kappa shape index (κ2) is 8.53. The number of halogens is 2. The average molecular weight is 402 g/mol. The lowest BCUT2D eigenvalue weighted by Gasteiger charge is -2.34. The third kappa shape index (κ3) is 5.31. The van der Waals surface area contributed by atoms with Crippen molar-refractivity contribution < 1.29 is 21.9 Å². The summed E-state index contributed by atoms with van der Waals surface area (Å²) in [6.07, 6.45) is 0. The molecule has 5 nitrogen and oxygen atoms in total. The molecule has 0 saturated carbocycles. The first-order valence-electron chi connectivity index (χ1n) is 8.20. The number of ether oxygens (including phenoxy) is 1. The lowest BCUT2D eigenvalue weighted by Crippen LogP contribution is -2.43. The van der Waals surface area contributed by atoms with Crippen LogP contribution in [0.2, 0.25) is 0 Å². The first-order chi connectivity index (χ1) is 12.4. The topological polar surface area (TPSA) is 58.6 Å². The molecule has 0 bridgehead atoms. The molecule has 9 heteroatoms. The molecule has 1 atom stereocenters. The third-order valence-corrected chi connectivity index (χ3v) is 6.43. The van der Waals surface area contributed by atoms with Gasteiger partial charge < -0.3 is 4.74 Å². The van der Waals surface area contributed by atoms with Gasteiger partial charge in [0.2, 0.25) is 10.0 Å². The zero-order valence-electron chi connectivity index (χ0n) is 14.0. The largest absolute Gasteiger partial charge is 0.379 e. The predicted octanol–water partition coefficient (Wildman–Crippen LogP) is 2.52. The molecular weight excluding hydrogens is 382 g/mol. The first kappa shape index (κ1) is 19.4. The Bertz CT molecular complexity index is 802. The number of rotatable bonds is 7. The number of hydrogen-bond donors (Lipinski definition) is 1. The SMILES string of the molecule is O=S(=O)(Cc1cc(F)cc(F)c1)NC[C@@H](c1cccs1)N1CCOCC1. The summed E-state index contributed by atoms with van der Waals surface area (Å²) in [5, 5.41) is 1.95. The second-order valence-electron chi connectivity index (χ2n) is 6.06. The molecule has 1 aromatic carbocycles. The Labute approximate surface area is 155 Å². The lowest BCUT2D eigenvalue weighted by atomic mass is 10.2. The van der Waals surface area contributed by atoms with E-state index in [1.54, 1.807) is 11.3 Å². The monoisotopic (exact) mass is 402 g/mol. The Morgan fingerprint density at radius 2 is 1.88 bits per heavy atom. The maximum atomic E-state index is 13.3. The Kier molecular flexibility index (Phi) is 6.36. The summed E-state index contributed by atoms with van der Waals surface area (Å²) in [4.78, 5) is 3.24. The summed E-state index contributed by atoms with van der Waals surface area (Å²) < 4.78 is 59.3. The molecule has 26 heavy (non-hydrogen) atoms. The maximum Gasteiger partial charge on any atom is 0.215 e. The summed E-state index contributed by atoms with van der Waals surface area (Å²) in [6, 6.07) is 6.58. The van der Waals surface area contributed by atoms with E-state index in [2.05, 4.69) is 9.62 Å². The smallest absolute Gasteiger partial charge is 0.215 e. The van der Waals surface area contributed by atoms with Gasteiger partial charge >= 0.3 is 0 Å². The van der Waals surface area contributed by atoms with Gasteiger partial charge in [0.15, 0.2) is 0 Å². The summed E-state index contributed by atoms with van der Waals surface area (Å²) in [6.45, 7) is 2.85. The fraction of sp³-hybridized carbons (Fsp3) is 0.412. The molecule has 142 valence electrons. The molecule has 0 amide bonds. The highest BCUT2D eigenvalue weighted by Crippen LogP contribution is 2.25. The van der Waals surface area contributed by atoms with Crippen molar-refractivity contribution in [3.05, 3.63) is 57.8 Å². The highest BCUT2D eigenvalue weighted by molar-refractivity contribution is 7.88. The zero-order valence-corrected chi connectivity index (χ0v) is 15.7. The van der Waals surface area contributed by atoms with Crippen LogP contribution in [0.3, 0.4) is 0 Å². The van der Waals surface area contributed by atoms with Gasteiger partial charge in [-0.1, -0.05) is 6.07 Å². The Morgan fingerprint density at radius 1 is 1.19 bits per heavy atom. The van der Waals surface area contributed by atoms with Crippen molar-refractivity contribution in [2.24, 2.45) is 0 Å². The molecule has 1 saturated heterocycles. The van der Waals surface area contributed by atoms with Gasteiger partial charge in [0.1, 0.15) is 11.6 Å². The van der Waals surface area contributed by atoms with E-state index in [4.69, 9.17) is 4.74 Å². The second-order valence-corrected chi connectivity index (χ2v) is 8.85. The van der Waals surface area contributed by atoms with E-state index >= 15 is 0 Å². The van der Waals surface area contributed by atoms with Crippen LogP contribution in [0.1, 0.15) is 16.5 Å². The number of hydrogen-bond acceptors (Lipinski definition) is 5. The molecule has 2 aromatic rings. The van der Waals surface area contributed by atoms with Gasteiger partial charge in [0, 0.05) is 30.6 Å². The van der Waals surface area contributed by atoms with Crippen LogP contribution in [0, 0.1) is 11.6 Å². The zero-order chi connectivity index (χ0) is 18.6. The number of nitrogens with one attached hydrogen (secondary N) is 1. The number of thiophene rings is 1. The molecule has 1 fully saturated rings. The highest BCUT2D eigenvalue weighted by atomic mass is 32.2. The minimum absolute atomic E-state index is 0.0778. The van der Waals surface area contributed by atoms with E-state index in [0.29, 0.717) is 13.2 Å². The molecule has 1 aromatic heterocycles. The van der Waals surface area contributed by atoms with Crippen LogP contribution < -0.4 is 4.72 Å². The number of nitrogens with zero attached hydrogens (tertiary/aromatic N) is 1. The van der Waals surface area contributed by atoms with Crippen molar-refractivity contribution in [2.75, 3.05) is 32.8 Å². The third-order valence-electron chi connectivity index (χ3n) is 4.13. The summed E-state index contributed by atoms with van der Waals surface area (Å²) in [7, 11) is -3.73. The molecule has 0 spiro atoms. The van der Waals surface area contributed by atoms with Crippen LogP contribution >= 0.6 is 11.3 Å². The van der Waals surface area contributed by atoms with Crippen molar-refractivity contribution in [3.8, 4) is 0 Å². The van der Waals surface area contributed by atoms with Gasteiger partial charge in [-0.3, -0.25) is 4.90 Å². The summed E-state index contributed by atoms with van der Waals surface area (Å²) >= 11 is 1.57. The van der Waals surface area contributed by atoms with Crippen LogP contribution in [0.4, 0.5) is 8.78 Å². The molecule has 1 aliphatic rings. The number of benzene rings is 1. The van der Waals surface area contributed by atoms with E-state index in [0.717, 1.165) is 36.2 Å². The van der Waals surface area contributed by atoms with Gasteiger partial charge in [0.05, 0.1) is 25.0 Å². The Hall–Kier alpha value is -1.39. The van der Waals surface area contributed by atoms with Crippen molar-refractivity contribution >= 4 is 21.4 Å². The standard InChI is InChI=1S/C17H20F2N2O3S2/c18-14-8-13(9-15(19)10-14)12-26(22,23)20-11-16(17-2-1-7-25-17)21-3-5-24-6-4-21/h1-2,7-10,16,20H,3-6,11-12H2/t16-/m0/s1. The van der Waals surface area contributed by atoms with E-state index < -0.39 is 27.4 Å². The summed E-state index contributed by atoms with van der Waals surface area (Å²) in [5.41, 5.74) is 0.0778. The quantitative estimate of drug-likeness (QED) is 0.773. The molecule has 0 unspecified atom stereocenters. The normalized spacial score (nSPS) is 17.3. The van der Waals surface area contributed by atoms with Crippen molar-refractivity contribution in [1.29, 1.82) is 0 Å². The van der Waals surface area contributed by atoms with Gasteiger partial charge in [-0.25, -0.2) is 21.9 Å². The van der Waals surface area contributed by atoms with E-state index in [1.165, 1.54) is 0 Å². The molecule has 3 rings (SSSR count). The minimum atomic E-state index is -3.73. The van der Waals surface area contributed by atoms with E-state index in [1.807, 2.05) is 17.5 Å². The minimum Gasteiger partial charge on any atom is -0.379 e. The molecule has 0 radical (unpaired) electrons. The highest BCUT2D eigenvalue weighted by Gasteiger charge is 2.25. The van der Waals surface area contributed by atoms with Crippen LogP contribution in [-0.2, 0) is 20.5 Å². The van der Waals surface area contributed by atoms with Gasteiger partial charge in [0.25, 0.3) is 0 Å². The van der Waals surface area contributed by atoms with Crippen molar-refractivity contribution in [1.82, 2.24) is 9.62 Å². The van der Waals surface area contributed by atoms with E-state index in [-0.39, 0.29) is 18.2 Å². The van der Waals surface area contributed by atoms with Gasteiger partial charge in [-0.15, -0.1) is 11.3 Å².